The van der Waals surface area contributed by atoms with Gasteiger partial charge in [-0.1, -0.05) is 29.3 Å². The van der Waals surface area contributed by atoms with Gasteiger partial charge in [-0.15, -0.1) is 0 Å². The zero-order valence-electron chi connectivity index (χ0n) is 10.9. The topological polar surface area (TPSA) is 21.3 Å². The fourth-order valence-electron chi connectivity index (χ4n) is 2.35. The maximum atomic E-state index is 6.15. The van der Waals surface area contributed by atoms with Gasteiger partial charge in [-0.2, -0.15) is 0 Å². The van der Waals surface area contributed by atoms with Crippen LogP contribution in [0.1, 0.15) is 16.7 Å². The van der Waals surface area contributed by atoms with Crippen LogP contribution in [0.2, 0.25) is 5.02 Å². The highest BCUT2D eigenvalue weighted by Crippen LogP contribution is 2.33. The number of hydrogen-bond donors (Lipinski definition) is 1. The summed E-state index contributed by atoms with van der Waals surface area (Å²) in [5, 5.41) is 4.19. The van der Waals surface area contributed by atoms with Crippen LogP contribution in [0.25, 0.3) is 0 Å². The SMILES string of the molecule is Cc1ccc(NCc2cc(Cl)cc3c2OCC3)cc1. The highest BCUT2D eigenvalue weighted by molar-refractivity contribution is 6.30. The number of aryl methyl sites for hydroxylation is 1. The molecule has 1 N–H and O–H groups in total. The Labute approximate surface area is 118 Å². The molecule has 1 aliphatic heterocycles. The summed E-state index contributed by atoms with van der Waals surface area (Å²) < 4.78 is 5.69. The van der Waals surface area contributed by atoms with Crippen molar-refractivity contribution in [3.8, 4) is 5.75 Å². The quantitative estimate of drug-likeness (QED) is 0.905. The average Bonchev–Trinajstić information content (AvgIpc) is 2.85. The number of halogens is 1. The fourth-order valence-corrected chi connectivity index (χ4v) is 2.61. The normalized spacial score (nSPS) is 12.9. The first kappa shape index (κ1) is 12.4. The highest BCUT2D eigenvalue weighted by Gasteiger charge is 2.17. The Morgan fingerprint density at radius 2 is 2.00 bits per heavy atom. The molecule has 1 aliphatic rings. The van der Waals surface area contributed by atoms with Crippen LogP contribution < -0.4 is 10.1 Å². The molecule has 0 bridgehead atoms. The van der Waals surface area contributed by atoms with E-state index in [1.807, 2.05) is 12.1 Å². The Morgan fingerprint density at radius 1 is 1.21 bits per heavy atom. The lowest BCUT2D eigenvalue weighted by Crippen LogP contribution is -2.01. The summed E-state index contributed by atoms with van der Waals surface area (Å²) >= 11 is 6.15. The number of nitrogens with one attached hydrogen (secondary N) is 1. The van der Waals surface area contributed by atoms with E-state index in [1.165, 1.54) is 11.1 Å². The molecule has 0 aliphatic carbocycles. The summed E-state index contributed by atoms with van der Waals surface area (Å²) in [6.07, 6.45) is 0.952. The van der Waals surface area contributed by atoms with Crippen molar-refractivity contribution in [1.82, 2.24) is 0 Å². The fraction of sp³-hybridized carbons (Fsp3) is 0.250. The standard InChI is InChI=1S/C16H16ClNO/c1-11-2-4-15(5-3-11)18-10-13-9-14(17)8-12-6-7-19-16(12)13/h2-5,8-9,18H,6-7,10H2,1H3. The summed E-state index contributed by atoms with van der Waals surface area (Å²) in [7, 11) is 0. The minimum Gasteiger partial charge on any atom is -0.493 e. The molecule has 0 spiro atoms. The minimum absolute atomic E-state index is 0.728. The van der Waals surface area contributed by atoms with Crippen LogP contribution in [-0.4, -0.2) is 6.61 Å². The van der Waals surface area contributed by atoms with E-state index in [9.17, 15) is 0 Å². The Balaban J connectivity index is 1.78. The van der Waals surface area contributed by atoms with Crippen molar-refractivity contribution < 1.29 is 4.74 Å². The van der Waals surface area contributed by atoms with Crippen molar-refractivity contribution in [2.24, 2.45) is 0 Å². The zero-order chi connectivity index (χ0) is 13.2. The maximum absolute atomic E-state index is 6.15. The van der Waals surface area contributed by atoms with Crippen LogP contribution in [0, 0.1) is 6.92 Å². The van der Waals surface area contributed by atoms with E-state index in [0.717, 1.165) is 41.6 Å². The van der Waals surface area contributed by atoms with Crippen LogP contribution in [-0.2, 0) is 13.0 Å². The molecule has 2 aromatic carbocycles. The highest BCUT2D eigenvalue weighted by atomic mass is 35.5. The second kappa shape index (κ2) is 5.14. The molecular weight excluding hydrogens is 258 g/mol. The van der Waals surface area contributed by atoms with Crippen LogP contribution in [0.15, 0.2) is 36.4 Å². The van der Waals surface area contributed by atoms with Gasteiger partial charge in [-0.3, -0.25) is 0 Å². The van der Waals surface area contributed by atoms with Gasteiger partial charge in [-0.05, 0) is 36.8 Å². The number of ether oxygens (including phenoxy) is 1. The molecule has 0 radical (unpaired) electrons. The van der Waals surface area contributed by atoms with Crippen LogP contribution >= 0.6 is 11.6 Å². The van der Waals surface area contributed by atoms with E-state index in [4.69, 9.17) is 16.3 Å². The van der Waals surface area contributed by atoms with E-state index in [0.29, 0.717) is 0 Å². The van der Waals surface area contributed by atoms with Crippen molar-refractivity contribution in [1.29, 1.82) is 0 Å². The van der Waals surface area contributed by atoms with E-state index >= 15 is 0 Å². The molecule has 0 aromatic heterocycles. The lowest BCUT2D eigenvalue weighted by Gasteiger charge is -2.11. The molecular formula is C16H16ClNO. The van der Waals surface area contributed by atoms with Crippen molar-refractivity contribution in [3.63, 3.8) is 0 Å². The Bertz CT molecular complexity index is 592. The summed E-state index contributed by atoms with van der Waals surface area (Å²) in [6.45, 7) is 3.57. The van der Waals surface area contributed by atoms with Gasteiger partial charge < -0.3 is 10.1 Å². The molecule has 0 atom stereocenters. The van der Waals surface area contributed by atoms with Crippen LogP contribution in [0.4, 0.5) is 5.69 Å². The van der Waals surface area contributed by atoms with Gasteiger partial charge in [0.2, 0.25) is 0 Å². The number of anilines is 1. The summed E-state index contributed by atoms with van der Waals surface area (Å²) in [4.78, 5) is 0. The predicted molar refractivity (Wildman–Crippen MR) is 79.2 cm³/mol. The smallest absolute Gasteiger partial charge is 0.127 e. The third-order valence-corrected chi connectivity index (χ3v) is 3.58. The van der Waals surface area contributed by atoms with E-state index in [2.05, 4.69) is 36.5 Å². The van der Waals surface area contributed by atoms with Gasteiger partial charge in [0.15, 0.2) is 0 Å². The Kier molecular flexibility index (Phi) is 3.34. The number of fused-ring (bicyclic) bond motifs is 1. The minimum atomic E-state index is 0.728. The lowest BCUT2D eigenvalue weighted by atomic mass is 10.1. The largest absolute Gasteiger partial charge is 0.493 e. The van der Waals surface area contributed by atoms with E-state index in [-0.39, 0.29) is 0 Å². The molecule has 0 saturated carbocycles. The third kappa shape index (κ3) is 2.69. The second-order valence-electron chi connectivity index (χ2n) is 4.87. The monoisotopic (exact) mass is 273 g/mol. The number of benzene rings is 2. The summed E-state index contributed by atoms with van der Waals surface area (Å²) in [5.74, 6) is 1.00. The predicted octanol–water partition coefficient (Wildman–Crippen LogP) is 4.20. The van der Waals surface area contributed by atoms with E-state index in [1.54, 1.807) is 0 Å². The molecule has 0 unspecified atom stereocenters. The van der Waals surface area contributed by atoms with Gasteiger partial charge in [-0.25, -0.2) is 0 Å². The molecule has 98 valence electrons. The summed E-state index contributed by atoms with van der Waals surface area (Å²) in [6, 6.07) is 12.3. The van der Waals surface area contributed by atoms with Gasteiger partial charge >= 0.3 is 0 Å². The molecule has 0 saturated heterocycles. The number of rotatable bonds is 3. The molecule has 2 nitrogen and oxygen atoms in total. The van der Waals surface area contributed by atoms with E-state index < -0.39 is 0 Å². The summed E-state index contributed by atoms with van der Waals surface area (Å²) in [5.41, 5.74) is 4.71. The van der Waals surface area contributed by atoms with Gasteiger partial charge in [0, 0.05) is 29.2 Å². The molecule has 19 heavy (non-hydrogen) atoms. The second-order valence-corrected chi connectivity index (χ2v) is 5.31. The first-order valence-corrected chi connectivity index (χ1v) is 6.85. The number of hydrogen-bond acceptors (Lipinski definition) is 2. The first-order chi connectivity index (χ1) is 9.22. The molecule has 0 amide bonds. The Hall–Kier alpha value is -1.67. The first-order valence-electron chi connectivity index (χ1n) is 6.47. The van der Waals surface area contributed by atoms with Gasteiger partial charge in [0.05, 0.1) is 6.61 Å². The molecule has 2 aromatic rings. The van der Waals surface area contributed by atoms with Gasteiger partial charge in [0.25, 0.3) is 0 Å². The maximum Gasteiger partial charge on any atom is 0.127 e. The zero-order valence-corrected chi connectivity index (χ0v) is 11.6. The van der Waals surface area contributed by atoms with Crippen LogP contribution in [0.5, 0.6) is 5.75 Å². The van der Waals surface area contributed by atoms with Crippen molar-refractivity contribution in [2.45, 2.75) is 19.9 Å². The Morgan fingerprint density at radius 3 is 2.79 bits per heavy atom. The van der Waals surface area contributed by atoms with Gasteiger partial charge in [0.1, 0.15) is 5.75 Å². The van der Waals surface area contributed by atoms with Crippen molar-refractivity contribution >= 4 is 17.3 Å². The average molecular weight is 274 g/mol. The lowest BCUT2D eigenvalue weighted by molar-refractivity contribution is 0.354. The molecule has 3 heteroatoms. The molecule has 0 fully saturated rings. The van der Waals surface area contributed by atoms with Crippen molar-refractivity contribution in [2.75, 3.05) is 11.9 Å². The molecule has 1 heterocycles. The van der Waals surface area contributed by atoms with Crippen molar-refractivity contribution in [3.05, 3.63) is 58.1 Å². The van der Waals surface area contributed by atoms with Crippen LogP contribution in [0.3, 0.4) is 0 Å². The third-order valence-electron chi connectivity index (χ3n) is 3.36. The molecule has 3 rings (SSSR count).